The Kier molecular flexibility index (Phi) is 6.33. The minimum atomic E-state index is 0.880. The number of aromatic amines is 1. The van der Waals surface area contributed by atoms with Crippen LogP contribution >= 0.6 is 0 Å². The molecule has 0 radical (unpaired) electrons. The first-order valence-corrected chi connectivity index (χ1v) is 12.9. The second-order valence-electron chi connectivity index (χ2n) is 9.60. The Morgan fingerprint density at radius 1 is 1.05 bits per heavy atom. The number of piperidine rings is 1. The summed E-state index contributed by atoms with van der Waals surface area (Å²) in [5, 5.41) is 2.95. The van der Waals surface area contributed by atoms with Crippen molar-refractivity contribution in [3.8, 4) is 11.1 Å². The Labute approximate surface area is 216 Å². The molecule has 0 aliphatic carbocycles. The van der Waals surface area contributed by atoms with Gasteiger partial charge in [0.1, 0.15) is 11.0 Å². The molecule has 0 saturated carbocycles. The molecular weight excluding hydrogens is 456 g/mol. The van der Waals surface area contributed by atoms with Crippen molar-refractivity contribution in [2.45, 2.75) is 26.2 Å². The summed E-state index contributed by atoms with van der Waals surface area (Å²) in [6.07, 6.45) is 17.6. The Hall–Kier alpha value is -4.16. The number of rotatable bonds is 7. The standard InChI is InChI=1S/C31H30N6/c1-3-21(20-37-14-6-5-7-15-37)16-22(4-2)26-8-9-27-30(35-26)31(36-27)28-17-24-25(18-33-19-29(24)34-28)23-10-12-32-13-11-23/h3-4,8-13,16-19,34H,1,5-7,14-15,20H2,2H3/b21-16+,22-4+. The molecule has 0 aromatic carbocycles. The SMILES string of the molecule is C=C/C(=C\C(=C/C)c1ccc2c(n1)=C(c1cc3c(-c4ccncc4)cncc3[nH]1)N=2)CN1CCCCC1. The molecule has 2 aliphatic heterocycles. The second-order valence-corrected chi connectivity index (χ2v) is 9.60. The van der Waals surface area contributed by atoms with Crippen molar-refractivity contribution < 1.29 is 0 Å². The zero-order chi connectivity index (χ0) is 25.2. The van der Waals surface area contributed by atoms with E-state index >= 15 is 0 Å². The van der Waals surface area contributed by atoms with Crippen LogP contribution in [0.1, 0.15) is 37.6 Å². The molecule has 0 amide bonds. The molecule has 0 unspecified atom stereocenters. The first kappa shape index (κ1) is 23.3. The highest BCUT2D eigenvalue weighted by atomic mass is 15.1. The number of fused-ring (bicyclic) bond motifs is 2. The van der Waals surface area contributed by atoms with Gasteiger partial charge >= 0.3 is 0 Å². The molecule has 4 aromatic heterocycles. The minimum absolute atomic E-state index is 0.880. The molecule has 6 heteroatoms. The summed E-state index contributed by atoms with van der Waals surface area (Å²) in [5.74, 6) is 0. The highest BCUT2D eigenvalue weighted by Crippen LogP contribution is 2.30. The van der Waals surface area contributed by atoms with Gasteiger partial charge in [-0.25, -0.2) is 9.98 Å². The third-order valence-electron chi connectivity index (χ3n) is 7.19. The first-order valence-electron chi connectivity index (χ1n) is 12.9. The largest absolute Gasteiger partial charge is 0.352 e. The van der Waals surface area contributed by atoms with E-state index in [9.17, 15) is 0 Å². The van der Waals surface area contributed by atoms with Crippen LogP contribution in [0.4, 0.5) is 0 Å². The summed E-state index contributed by atoms with van der Waals surface area (Å²) in [5.41, 5.74) is 8.22. The third-order valence-corrected chi connectivity index (χ3v) is 7.19. The number of likely N-dealkylation sites (tertiary alicyclic amines) is 1. The van der Waals surface area contributed by atoms with Crippen LogP contribution in [0.3, 0.4) is 0 Å². The van der Waals surface area contributed by atoms with Crippen LogP contribution in [0.2, 0.25) is 0 Å². The van der Waals surface area contributed by atoms with Gasteiger partial charge in [-0.2, -0.15) is 0 Å². The smallest absolute Gasteiger partial charge is 0.117 e. The molecule has 6 rings (SSSR count). The van der Waals surface area contributed by atoms with Crippen LogP contribution in [-0.2, 0) is 0 Å². The molecule has 0 atom stereocenters. The van der Waals surface area contributed by atoms with Gasteiger partial charge < -0.3 is 4.98 Å². The van der Waals surface area contributed by atoms with Gasteiger partial charge in [-0.3, -0.25) is 14.9 Å². The quantitative estimate of drug-likeness (QED) is 0.381. The maximum atomic E-state index is 5.04. The molecule has 1 fully saturated rings. The van der Waals surface area contributed by atoms with Gasteiger partial charge in [0.15, 0.2) is 0 Å². The van der Waals surface area contributed by atoms with Crippen LogP contribution in [-0.4, -0.2) is 44.5 Å². The maximum absolute atomic E-state index is 5.04. The van der Waals surface area contributed by atoms with Crippen molar-refractivity contribution in [3.63, 3.8) is 0 Å². The molecule has 6 nitrogen and oxygen atoms in total. The van der Waals surface area contributed by atoms with Gasteiger partial charge in [0, 0.05) is 36.1 Å². The second kappa shape index (κ2) is 10.1. The number of nitrogens with zero attached hydrogens (tertiary/aromatic N) is 5. The fourth-order valence-electron chi connectivity index (χ4n) is 5.18. The Morgan fingerprint density at radius 3 is 2.68 bits per heavy atom. The van der Waals surface area contributed by atoms with E-state index in [0.717, 1.165) is 75.0 Å². The Morgan fingerprint density at radius 2 is 1.89 bits per heavy atom. The van der Waals surface area contributed by atoms with Crippen LogP contribution in [0.25, 0.3) is 33.3 Å². The highest BCUT2D eigenvalue weighted by Gasteiger charge is 2.17. The molecule has 2 aliphatic rings. The van der Waals surface area contributed by atoms with Gasteiger partial charge in [-0.1, -0.05) is 25.2 Å². The van der Waals surface area contributed by atoms with E-state index in [1.807, 2.05) is 30.6 Å². The summed E-state index contributed by atoms with van der Waals surface area (Å²) in [4.78, 5) is 24.4. The van der Waals surface area contributed by atoms with E-state index in [1.54, 1.807) is 12.4 Å². The lowest BCUT2D eigenvalue weighted by Gasteiger charge is -2.26. The first-order chi connectivity index (χ1) is 18.2. The van der Waals surface area contributed by atoms with Gasteiger partial charge in [-0.15, -0.1) is 0 Å². The molecule has 37 heavy (non-hydrogen) atoms. The van der Waals surface area contributed by atoms with Gasteiger partial charge in [0.2, 0.25) is 0 Å². The van der Waals surface area contributed by atoms with Crippen molar-refractivity contribution in [2.75, 3.05) is 19.6 Å². The number of hydrogen-bond acceptors (Lipinski definition) is 5. The van der Waals surface area contributed by atoms with E-state index in [0.29, 0.717) is 0 Å². The number of nitrogens with one attached hydrogen (secondary N) is 1. The molecule has 0 bridgehead atoms. The predicted octanol–water partition coefficient (Wildman–Crippen LogP) is 4.81. The molecule has 1 saturated heterocycles. The fraction of sp³-hybridized carbons (Fsp3) is 0.226. The monoisotopic (exact) mass is 486 g/mol. The van der Waals surface area contributed by atoms with Crippen molar-refractivity contribution in [1.82, 2.24) is 24.8 Å². The van der Waals surface area contributed by atoms with E-state index in [-0.39, 0.29) is 0 Å². The zero-order valence-corrected chi connectivity index (χ0v) is 21.1. The Balaban J connectivity index is 1.35. The van der Waals surface area contributed by atoms with Gasteiger partial charge in [-0.05, 0) is 86.0 Å². The molecule has 0 spiro atoms. The van der Waals surface area contributed by atoms with Crippen molar-refractivity contribution in [2.24, 2.45) is 4.99 Å². The fourth-order valence-corrected chi connectivity index (χ4v) is 5.18. The number of hydrogen-bond donors (Lipinski definition) is 1. The lowest BCUT2D eigenvalue weighted by atomic mass is 10.0. The number of allylic oxidation sites excluding steroid dienone is 3. The average molecular weight is 487 g/mol. The summed E-state index contributed by atoms with van der Waals surface area (Å²) in [6.45, 7) is 9.40. The normalized spacial score (nSPS) is 16.3. The van der Waals surface area contributed by atoms with Gasteiger partial charge in [0.25, 0.3) is 0 Å². The minimum Gasteiger partial charge on any atom is -0.352 e. The summed E-state index contributed by atoms with van der Waals surface area (Å²) in [7, 11) is 0. The number of aromatic nitrogens is 4. The summed E-state index contributed by atoms with van der Waals surface area (Å²) < 4.78 is 0. The van der Waals surface area contributed by atoms with E-state index < -0.39 is 0 Å². The molecular formula is C31H30N6. The summed E-state index contributed by atoms with van der Waals surface area (Å²) in [6, 6.07) is 10.3. The lowest BCUT2D eigenvalue weighted by molar-refractivity contribution is 0.248. The Bertz CT molecular complexity index is 1650. The van der Waals surface area contributed by atoms with Crippen LogP contribution in [0.15, 0.2) is 90.5 Å². The maximum Gasteiger partial charge on any atom is 0.117 e. The molecule has 184 valence electrons. The zero-order valence-electron chi connectivity index (χ0n) is 21.1. The molecule has 1 N–H and O–H groups in total. The molecule has 6 heterocycles. The van der Waals surface area contributed by atoms with Crippen LogP contribution in [0, 0.1) is 0 Å². The van der Waals surface area contributed by atoms with Crippen molar-refractivity contribution in [3.05, 3.63) is 108 Å². The lowest BCUT2D eigenvalue weighted by Crippen LogP contribution is -2.38. The molecule has 4 aromatic rings. The average Bonchev–Trinajstić information content (AvgIpc) is 3.36. The highest BCUT2D eigenvalue weighted by molar-refractivity contribution is 5.96. The van der Waals surface area contributed by atoms with Crippen LogP contribution < -0.4 is 10.7 Å². The van der Waals surface area contributed by atoms with E-state index in [4.69, 9.17) is 9.98 Å². The van der Waals surface area contributed by atoms with Gasteiger partial charge in [0.05, 0.1) is 28.5 Å². The van der Waals surface area contributed by atoms with E-state index in [2.05, 4.69) is 63.7 Å². The summed E-state index contributed by atoms with van der Waals surface area (Å²) >= 11 is 0. The number of pyridine rings is 3. The number of H-pyrrole nitrogens is 1. The van der Waals surface area contributed by atoms with Crippen molar-refractivity contribution >= 4 is 22.2 Å². The van der Waals surface area contributed by atoms with E-state index in [1.165, 1.54) is 24.8 Å². The van der Waals surface area contributed by atoms with Crippen molar-refractivity contribution in [1.29, 1.82) is 0 Å². The third kappa shape index (κ3) is 4.56. The van der Waals surface area contributed by atoms with Crippen LogP contribution in [0.5, 0.6) is 0 Å². The topological polar surface area (TPSA) is 70.1 Å². The predicted molar refractivity (Wildman–Crippen MR) is 149 cm³/mol.